The summed E-state index contributed by atoms with van der Waals surface area (Å²) in [5, 5.41) is 10.9. The number of rotatable bonds is 1. The van der Waals surface area contributed by atoms with Crippen molar-refractivity contribution in [3.8, 4) is 0 Å². The van der Waals surface area contributed by atoms with Crippen LogP contribution >= 0.6 is 0 Å². The normalized spacial score (nSPS) is 30.1. The van der Waals surface area contributed by atoms with Crippen molar-refractivity contribution in [3.05, 3.63) is 47.4 Å². The number of aliphatic carboxylic acids is 1. The van der Waals surface area contributed by atoms with Gasteiger partial charge in [-0.15, -0.1) is 0 Å². The molecule has 1 amide bonds. The first kappa shape index (κ1) is 15.5. The van der Waals surface area contributed by atoms with Crippen molar-refractivity contribution in [1.29, 1.82) is 0 Å². The first-order chi connectivity index (χ1) is 12.6. The number of benzene rings is 1. The second kappa shape index (κ2) is 5.37. The smallest absolute Gasteiger partial charge is 0.310 e. The first-order valence-corrected chi connectivity index (χ1v) is 9.05. The van der Waals surface area contributed by atoms with Crippen LogP contribution in [0.3, 0.4) is 0 Å². The fourth-order valence-corrected chi connectivity index (χ4v) is 4.94. The largest absolute Gasteiger partial charge is 0.497 e. The molecule has 134 valence electrons. The number of carboxylic acid groups (broad SMARTS) is 1. The third-order valence-electron chi connectivity index (χ3n) is 6.18. The molecule has 0 aliphatic carbocycles. The van der Waals surface area contributed by atoms with Crippen LogP contribution in [0.5, 0.6) is 0 Å². The molecule has 0 bridgehead atoms. The van der Waals surface area contributed by atoms with Gasteiger partial charge in [-0.25, -0.2) is 0 Å². The van der Waals surface area contributed by atoms with E-state index in [0.29, 0.717) is 18.5 Å². The number of aromatic amines is 1. The van der Waals surface area contributed by atoms with Crippen molar-refractivity contribution in [3.63, 3.8) is 0 Å². The van der Waals surface area contributed by atoms with Gasteiger partial charge in [-0.1, -0.05) is 18.2 Å². The number of carbonyl (C=O) groups excluding carboxylic acids is 1. The number of nitrogens with zero attached hydrogens (tertiary/aromatic N) is 1. The predicted octanol–water partition coefficient (Wildman–Crippen LogP) is 2.62. The fraction of sp³-hybridized carbons (Fsp3) is 0.400. The Labute approximate surface area is 150 Å². The summed E-state index contributed by atoms with van der Waals surface area (Å²) in [4.78, 5) is 30.3. The summed E-state index contributed by atoms with van der Waals surface area (Å²) in [6, 6.07) is 8.07. The number of hydrogen-bond donors (Lipinski definition) is 2. The van der Waals surface area contributed by atoms with Crippen LogP contribution in [0.4, 0.5) is 0 Å². The van der Waals surface area contributed by atoms with Crippen molar-refractivity contribution < 1.29 is 19.4 Å². The Kier molecular flexibility index (Phi) is 3.20. The van der Waals surface area contributed by atoms with E-state index >= 15 is 0 Å². The second-order valence-corrected chi connectivity index (χ2v) is 7.45. The van der Waals surface area contributed by atoms with E-state index in [1.54, 1.807) is 6.92 Å². The zero-order chi connectivity index (χ0) is 18.0. The van der Waals surface area contributed by atoms with Gasteiger partial charge in [0.05, 0.1) is 17.9 Å². The van der Waals surface area contributed by atoms with Gasteiger partial charge in [0, 0.05) is 29.1 Å². The number of carbonyl (C=O) groups is 2. The molecular weight excluding hydrogens is 332 g/mol. The molecule has 1 aromatic carbocycles. The molecule has 5 rings (SSSR count). The lowest BCUT2D eigenvalue weighted by Gasteiger charge is -2.46. The molecule has 3 aliphatic heterocycles. The SMILES string of the molecule is CC1OC=C2C(=O)N3CCc4c([nH]c5ccccc45)C3CC2C1C(=O)O. The Morgan fingerprint density at radius 1 is 1.35 bits per heavy atom. The first-order valence-electron chi connectivity index (χ1n) is 9.05. The molecule has 1 fully saturated rings. The summed E-state index contributed by atoms with van der Waals surface area (Å²) in [7, 11) is 0. The standard InChI is InChI=1S/C20H20N2O4/c1-10-17(20(24)25)13-8-16-18-12(11-4-2-3-5-15(11)21-18)6-7-22(16)19(23)14(13)9-26-10/h2-5,9-10,13,16-17,21H,6-8H2,1H3,(H,24,25). The van der Waals surface area contributed by atoms with Crippen LogP contribution in [0.15, 0.2) is 36.1 Å². The third-order valence-corrected chi connectivity index (χ3v) is 6.18. The summed E-state index contributed by atoms with van der Waals surface area (Å²) < 4.78 is 5.49. The molecule has 0 saturated carbocycles. The highest BCUT2D eigenvalue weighted by Crippen LogP contribution is 2.47. The maximum absolute atomic E-state index is 13.1. The molecule has 4 atom stereocenters. The molecule has 4 unspecified atom stereocenters. The Morgan fingerprint density at radius 2 is 2.15 bits per heavy atom. The van der Waals surface area contributed by atoms with Gasteiger partial charge in [-0.2, -0.15) is 0 Å². The Morgan fingerprint density at radius 3 is 2.96 bits per heavy atom. The zero-order valence-electron chi connectivity index (χ0n) is 14.4. The number of para-hydroxylation sites is 1. The number of amides is 1. The maximum Gasteiger partial charge on any atom is 0.310 e. The van der Waals surface area contributed by atoms with E-state index in [9.17, 15) is 14.7 Å². The Bertz CT molecular complexity index is 960. The van der Waals surface area contributed by atoms with Crippen LogP contribution in [-0.2, 0) is 20.7 Å². The molecule has 2 aromatic rings. The zero-order valence-corrected chi connectivity index (χ0v) is 14.4. The number of ether oxygens (including phenoxy) is 1. The predicted molar refractivity (Wildman–Crippen MR) is 94.3 cm³/mol. The lowest BCUT2D eigenvalue weighted by atomic mass is 9.72. The van der Waals surface area contributed by atoms with Crippen LogP contribution in [0.2, 0.25) is 0 Å². The average molecular weight is 352 g/mol. The molecule has 26 heavy (non-hydrogen) atoms. The monoisotopic (exact) mass is 352 g/mol. The summed E-state index contributed by atoms with van der Waals surface area (Å²) >= 11 is 0. The quantitative estimate of drug-likeness (QED) is 0.826. The van der Waals surface area contributed by atoms with Gasteiger partial charge >= 0.3 is 5.97 Å². The summed E-state index contributed by atoms with van der Waals surface area (Å²) in [5.74, 6) is -2.01. The van der Waals surface area contributed by atoms with Crippen molar-refractivity contribution in [1.82, 2.24) is 9.88 Å². The number of aromatic nitrogens is 1. The topological polar surface area (TPSA) is 82.6 Å². The molecule has 0 radical (unpaired) electrons. The minimum absolute atomic E-state index is 0.0892. The summed E-state index contributed by atoms with van der Waals surface area (Å²) in [6.07, 6.45) is 2.47. The third kappa shape index (κ3) is 1.98. The lowest BCUT2D eigenvalue weighted by molar-refractivity contribution is -0.152. The van der Waals surface area contributed by atoms with Gasteiger partial charge in [0.15, 0.2) is 0 Å². The van der Waals surface area contributed by atoms with E-state index in [2.05, 4.69) is 11.1 Å². The highest BCUT2D eigenvalue weighted by atomic mass is 16.5. The number of carboxylic acids is 1. The molecule has 2 N–H and O–H groups in total. The number of fused-ring (bicyclic) bond motifs is 6. The van der Waals surface area contributed by atoms with Crippen molar-refractivity contribution in [2.75, 3.05) is 6.54 Å². The molecule has 6 nitrogen and oxygen atoms in total. The lowest BCUT2D eigenvalue weighted by Crippen LogP contribution is -2.51. The van der Waals surface area contributed by atoms with E-state index in [-0.39, 0.29) is 17.9 Å². The fourth-order valence-electron chi connectivity index (χ4n) is 4.94. The van der Waals surface area contributed by atoms with E-state index in [4.69, 9.17) is 4.74 Å². The molecule has 1 saturated heterocycles. The van der Waals surface area contributed by atoms with Crippen molar-refractivity contribution in [2.45, 2.75) is 31.9 Å². The molecular formula is C20H20N2O4. The maximum atomic E-state index is 13.1. The minimum atomic E-state index is -0.901. The average Bonchev–Trinajstić information content (AvgIpc) is 3.00. The molecule has 6 heteroatoms. The van der Waals surface area contributed by atoms with Gasteiger partial charge < -0.3 is 19.7 Å². The molecule has 0 spiro atoms. The van der Waals surface area contributed by atoms with Gasteiger partial charge in [0.1, 0.15) is 12.0 Å². The minimum Gasteiger partial charge on any atom is -0.497 e. The van der Waals surface area contributed by atoms with Crippen LogP contribution in [0.1, 0.15) is 30.6 Å². The number of H-pyrrole nitrogens is 1. The van der Waals surface area contributed by atoms with Crippen molar-refractivity contribution in [2.24, 2.45) is 11.8 Å². The summed E-state index contributed by atoms with van der Waals surface area (Å²) in [6.45, 7) is 2.41. The number of piperidine rings is 1. The van der Waals surface area contributed by atoms with Crippen molar-refractivity contribution >= 4 is 22.8 Å². The Hall–Kier alpha value is -2.76. The van der Waals surface area contributed by atoms with Crippen LogP contribution in [0.25, 0.3) is 10.9 Å². The number of nitrogens with one attached hydrogen (secondary N) is 1. The molecule has 1 aromatic heterocycles. The summed E-state index contributed by atoms with van der Waals surface area (Å²) in [5.41, 5.74) is 3.90. The van der Waals surface area contributed by atoms with Crippen LogP contribution in [-0.4, -0.2) is 39.5 Å². The highest BCUT2D eigenvalue weighted by molar-refractivity contribution is 5.97. The van der Waals surface area contributed by atoms with Gasteiger partial charge in [-0.05, 0) is 31.4 Å². The van der Waals surface area contributed by atoms with Gasteiger partial charge in [0.25, 0.3) is 5.91 Å². The highest BCUT2D eigenvalue weighted by Gasteiger charge is 2.50. The molecule has 4 heterocycles. The number of hydrogen-bond acceptors (Lipinski definition) is 3. The Balaban J connectivity index is 1.62. The van der Waals surface area contributed by atoms with Gasteiger partial charge in [0.2, 0.25) is 0 Å². The second-order valence-electron chi connectivity index (χ2n) is 7.45. The van der Waals surface area contributed by atoms with E-state index < -0.39 is 18.0 Å². The van der Waals surface area contributed by atoms with E-state index in [0.717, 1.165) is 17.6 Å². The van der Waals surface area contributed by atoms with Crippen LogP contribution in [0, 0.1) is 11.8 Å². The molecule has 3 aliphatic rings. The van der Waals surface area contributed by atoms with E-state index in [1.807, 2.05) is 23.1 Å². The van der Waals surface area contributed by atoms with E-state index in [1.165, 1.54) is 17.2 Å². The van der Waals surface area contributed by atoms with Crippen LogP contribution < -0.4 is 0 Å². The van der Waals surface area contributed by atoms with Gasteiger partial charge in [-0.3, -0.25) is 9.59 Å².